The Balaban J connectivity index is 1.42. The van der Waals surface area contributed by atoms with Gasteiger partial charge >= 0.3 is 6.61 Å². The van der Waals surface area contributed by atoms with Gasteiger partial charge in [0.1, 0.15) is 23.6 Å². The Morgan fingerprint density at radius 2 is 2.19 bits per heavy atom. The van der Waals surface area contributed by atoms with Crippen LogP contribution in [0.2, 0.25) is 0 Å². The van der Waals surface area contributed by atoms with Crippen LogP contribution in [-0.4, -0.2) is 57.5 Å². The molecule has 2 N–H and O–H groups in total. The standard InChI is InChI=1S/C22H18F2N10O2/c23-22(24)36-17-5-4-13(12-2-3-12)8-14(17)19-16(10-33(30-19)11-18-28-31-32-29-18)27-21(35)15-9-26-34-7-1-6-25-20(15)34/h1,4-10,12,22H,2-3,11H2,(H,27,35)(H,28,29,31,32). The zero-order chi connectivity index (χ0) is 24.6. The highest BCUT2D eigenvalue weighted by atomic mass is 19.3. The lowest BCUT2D eigenvalue weighted by molar-refractivity contribution is -0.0494. The molecule has 0 unspecified atom stereocenters. The normalized spacial score (nSPS) is 13.4. The van der Waals surface area contributed by atoms with E-state index in [-0.39, 0.29) is 29.2 Å². The van der Waals surface area contributed by atoms with Gasteiger partial charge in [0.15, 0.2) is 11.5 Å². The second-order valence-electron chi connectivity index (χ2n) is 8.23. The molecule has 1 amide bonds. The maximum atomic E-state index is 13.2. The summed E-state index contributed by atoms with van der Waals surface area (Å²) in [5, 5.41) is 25.3. The number of amides is 1. The van der Waals surface area contributed by atoms with Gasteiger partial charge < -0.3 is 10.1 Å². The van der Waals surface area contributed by atoms with Gasteiger partial charge in [0.05, 0.1) is 11.9 Å². The van der Waals surface area contributed by atoms with E-state index in [1.54, 1.807) is 36.8 Å². The highest BCUT2D eigenvalue weighted by Crippen LogP contribution is 2.44. The lowest BCUT2D eigenvalue weighted by Crippen LogP contribution is -2.12. The number of halogens is 2. The van der Waals surface area contributed by atoms with Crippen LogP contribution in [-0.2, 0) is 6.54 Å². The Kier molecular flexibility index (Phi) is 5.32. The molecule has 6 rings (SSSR count). The fourth-order valence-corrected chi connectivity index (χ4v) is 3.97. The van der Waals surface area contributed by atoms with Gasteiger partial charge in [-0.3, -0.25) is 9.48 Å². The maximum absolute atomic E-state index is 13.2. The van der Waals surface area contributed by atoms with Gasteiger partial charge in [0.25, 0.3) is 5.91 Å². The summed E-state index contributed by atoms with van der Waals surface area (Å²) in [6.07, 6.45) is 8.24. The van der Waals surface area contributed by atoms with Gasteiger partial charge in [-0.15, -0.1) is 10.2 Å². The van der Waals surface area contributed by atoms with Crippen LogP contribution in [0.5, 0.6) is 5.75 Å². The summed E-state index contributed by atoms with van der Waals surface area (Å²) < 4.78 is 34.2. The van der Waals surface area contributed by atoms with E-state index in [1.165, 1.54) is 21.5 Å². The fraction of sp³-hybridized carbons (Fsp3) is 0.227. The molecule has 0 radical (unpaired) electrons. The Hall–Kier alpha value is -4.75. The molecule has 0 saturated heterocycles. The smallest absolute Gasteiger partial charge is 0.387 e. The number of rotatable bonds is 8. The molecule has 4 aromatic heterocycles. The first kappa shape index (κ1) is 21.8. The highest BCUT2D eigenvalue weighted by Gasteiger charge is 2.27. The molecule has 0 atom stereocenters. The maximum Gasteiger partial charge on any atom is 0.387 e. The number of hydrogen-bond acceptors (Lipinski definition) is 8. The minimum Gasteiger partial charge on any atom is -0.434 e. The molecule has 4 heterocycles. The molecule has 12 nitrogen and oxygen atoms in total. The van der Waals surface area contributed by atoms with Crippen LogP contribution < -0.4 is 10.1 Å². The number of anilines is 1. The summed E-state index contributed by atoms with van der Waals surface area (Å²) in [5.74, 6) is 0.171. The van der Waals surface area contributed by atoms with Crippen molar-refractivity contribution in [2.45, 2.75) is 31.9 Å². The van der Waals surface area contributed by atoms with Gasteiger partial charge in [-0.05, 0) is 42.5 Å². The quantitative estimate of drug-likeness (QED) is 0.337. The molecule has 0 aliphatic heterocycles. The zero-order valence-electron chi connectivity index (χ0n) is 18.5. The summed E-state index contributed by atoms with van der Waals surface area (Å²) in [6.45, 7) is -2.90. The zero-order valence-corrected chi connectivity index (χ0v) is 18.5. The first-order valence-electron chi connectivity index (χ1n) is 11.0. The molecule has 1 fully saturated rings. The summed E-state index contributed by atoms with van der Waals surface area (Å²) in [6, 6.07) is 6.76. The number of aromatic nitrogens is 9. The molecule has 1 aliphatic rings. The van der Waals surface area contributed by atoms with E-state index in [0.717, 1.165) is 18.4 Å². The number of alkyl halides is 2. The van der Waals surface area contributed by atoms with E-state index < -0.39 is 12.5 Å². The number of tetrazole rings is 1. The molecule has 1 saturated carbocycles. The van der Waals surface area contributed by atoms with E-state index in [2.05, 4.69) is 41.1 Å². The Bertz CT molecular complexity index is 1540. The van der Waals surface area contributed by atoms with Crippen molar-refractivity contribution in [2.24, 2.45) is 0 Å². The van der Waals surface area contributed by atoms with E-state index in [1.807, 2.05) is 0 Å². The van der Waals surface area contributed by atoms with Crippen molar-refractivity contribution in [1.82, 2.24) is 45.0 Å². The van der Waals surface area contributed by atoms with Crippen molar-refractivity contribution in [3.8, 4) is 17.0 Å². The van der Waals surface area contributed by atoms with Gasteiger partial charge in [-0.2, -0.15) is 24.2 Å². The molecule has 1 aromatic carbocycles. The molecular formula is C22H18F2N10O2. The third-order valence-corrected chi connectivity index (χ3v) is 5.75. The van der Waals surface area contributed by atoms with Crippen molar-refractivity contribution in [3.63, 3.8) is 0 Å². The van der Waals surface area contributed by atoms with Crippen LogP contribution in [0.4, 0.5) is 14.5 Å². The number of nitrogens with one attached hydrogen (secondary N) is 2. The fourth-order valence-electron chi connectivity index (χ4n) is 3.97. The minimum absolute atomic E-state index is 0.0487. The first-order valence-corrected chi connectivity index (χ1v) is 11.0. The average molecular weight is 492 g/mol. The van der Waals surface area contributed by atoms with E-state index in [0.29, 0.717) is 23.0 Å². The van der Waals surface area contributed by atoms with Crippen LogP contribution in [0.1, 0.15) is 40.5 Å². The predicted molar refractivity (Wildman–Crippen MR) is 120 cm³/mol. The molecule has 182 valence electrons. The molecule has 36 heavy (non-hydrogen) atoms. The predicted octanol–water partition coefficient (Wildman–Crippen LogP) is 2.89. The van der Waals surface area contributed by atoms with E-state index >= 15 is 0 Å². The van der Waals surface area contributed by atoms with Gasteiger partial charge in [-0.25, -0.2) is 9.50 Å². The summed E-state index contributed by atoms with van der Waals surface area (Å²) in [7, 11) is 0. The van der Waals surface area contributed by atoms with Gasteiger partial charge in [0, 0.05) is 24.2 Å². The summed E-state index contributed by atoms with van der Waals surface area (Å²) >= 11 is 0. The molecule has 0 bridgehead atoms. The number of hydrogen-bond donors (Lipinski definition) is 2. The third kappa shape index (κ3) is 4.23. The lowest BCUT2D eigenvalue weighted by atomic mass is 10.0. The number of nitrogens with zero attached hydrogens (tertiary/aromatic N) is 8. The third-order valence-electron chi connectivity index (χ3n) is 5.75. The largest absolute Gasteiger partial charge is 0.434 e. The van der Waals surface area contributed by atoms with Crippen LogP contribution in [0.3, 0.4) is 0 Å². The second-order valence-corrected chi connectivity index (χ2v) is 8.23. The van der Waals surface area contributed by atoms with E-state index in [4.69, 9.17) is 4.74 Å². The molecule has 5 aromatic rings. The number of benzene rings is 1. The highest BCUT2D eigenvalue weighted by molar-refractivity contribution is 6.09. The monoisotopic (exact) mass is 492 g/mol. The van der Waals surface area contributed by atoms with Crippen molar-refractivity contribution in [2.75, 3.05) is 5.32 Å². The molecular weight excluding hydrogens is 474 g/mol. The summed E-state index contributed by atoms with van der Waals surface area (Å²) in [4.78, 5) is 17.4. The molecule has 0 spiro atoms. The number of fused-ring (bicyclic) bond motifs is 1. The van der Waals surface area contributed by atoms with Crippen LogP contribution >= 0.6 is 0 Å². The average Bonchev–Trinajstić information content (AvgIpc) is 3.24. The second kappa shape index (κ2) is 8.79. The SMILES string of the molecule is O=C(Nc1cn(Cc2nn[nH]n2)nc1-c1cc(C2CC2)ccc1OC(F)F)c1cnn2cccnc12. The number of H-pyrrole nitrogens is 1. The van der Waals surface area contributed by atoms with Crippen molar-refractivity contribution < 1.29 is 18.3 Å². The van der Waals surface area contributed by atoms with Crippen molar-refractivity contribution in [3.05, 3.63) is 66.0 Å². The van der Waals surface area contributed by atoms with Crippen LogP contribution in [0.25, 0.3) is 16.9 Å². The number of carbonyl (C=O) groups excluding carboxylic acids is 1. The topological polar surface area (TPSA) is 141 Å². The molecule has 14 heteroatoms. The van der Waals surface area contributed by atoms with Crippen LogP contribution in [0, 0.1) is 0 Å². The molecule has 1 aliphatic carbocycles. The van der Waals surface area contributed by atoms with Crippen molar-refractivity contribution in [1.29, 1.82) is 0 Å². The lowest BCUT2D eigenvalue weighted by Gasteiger charge is -2.13. The van der Waals surface area contributed by atoms with Crippen molar-refractivity contribution >= 4 is 17.2 Å². The van der Waals surface area contributed by atoms with Crippen LogP contribution in [0.15, 0.2) is 49.1 Å². The first-order chi connectivity index (χ1) is 17.5. The summed E-state index contributed by atoms with van der Waals surface area (Å²) in [5.41, 5.74) is 2.47. The Morgan fingerprint density at radius 1 is 1.31 bits per heavy atom. The van der Waals surface area contributed by atoms with E-state index in [9.17, 15) is 13.6 Å². The number of ether oxygens (including phenoxy) is 1. The number of carbonyl (C=O) groups is 1. The Labute approximate surface area is 201 Å². The van der Waals surface area contributed by atoms with Gasteiger partial charge in [-0.1, -0.05) is 11.3 Å². The minimum atomic E-state index is -3.03. The number of aromatic amines is 1. The Morgan fingerprint density at radius 3 is 2.97 bits per heavy atom. The van der Waals surface area contributed by atoms with Gasteiger partial charge in [0.2, 0.25) is 0 Å².